The molecule has 3 aromatic carbocycles. The fraction of sp³-hybridized carbons (Fsp3) is 0.136. The van der Waals surface area contributed by atoms with Crippen LogP contribution in [0.3, 0.4) is 0 Å². The van der Waals surface area contributed by atoms with E-state index in [0.29, 0.717) is 11.6 Å². The molecule has 154 valence electrons. The molecule has 0 fully saturated rings. The van der Waals surface area contributed by atoms with E-state index in [2.05, 4.69) is 0 Å². The van der Waals surface area contributed by atoms with E-state index < -0.39 is 10.0 Å². The number of amides is 1. The summed E-state index contributed by atoms with van der Waals surface area (Å²) < 4.78 is 27.9. The van der Waals surface area contributed by atoms with Crippen LogP contribution in [0.25, 0.3) is 0 Å². The van der Waals surface area contributed by atoms with Gasteiger partial charge >= 0.3 is 0 Å². The maximum absolute atomic E-state index is 13.4. The van der Waals surface area contributed by atoms with Crippen molar-refractivity contribution in [1.29, 1.82) is 0 Å². The minimum Gasteiger partial charge on any atom is -0.310 e. The number of sulfonamides is 1. The molecule has 0 saturated carbocycles. The highest BCUT2D eigenvalue weighted by molar-refractivity contribution is 7.92. The molecule has 8 heteroatoms. The first kappa shape index (κ1) is 20.7. The summed E-state index contributed by atoms with van der Waals surface area (Å²) in [4.78, 5) is 14.9. The van der Waals surface area contributed by atoms with E-state index in [1.165, 1.54) is 24.3 Å². The molecule has 5 nitrogen and oxygen atoms in total. The number of halogens is 2. The minimum atomic E-state index is -4.00. The molecule has 0 bridgehead atoms. The zero-order valence-electron chi connectivity index (χ0n) is 15.8. The Hall–Kier alpha value is -2.54. The average Bonchev–Trinajstić information content (AvgIpc) is 3.19. The predicted octanol–water partition coefficient (Wildman–Crippen LogP) is 4.78. The quantitative estimate of drug-likeness (QED) is 0.550. The molecular formula is C22H18Cl2N2O3S. The number of rotatable bonds is 5. The van der Waals surface area contributed by atoms with Gasteiger partial charge in [-0.05, 0) is 48.4 Å². The number of carbonyl (C=O) groups excluding carboxylic acids is 1. The van der Waals surface area contributed by atoms with E-state index in [-0.39, 0.29) is 28.1 Å². The monoisotopic (exact) mass is 460 g/mol. The second-order valence-electron chi connectivity index (χ2n) is 6.85. The van der Waals surface area contributed by atoms with Gasteiger partial charge in [0.15, 0.2) is 0 Å². The van der Waals surface area contributed by atoms with Crippen LogP contribution in [0, 0.1) is 0 Å². The fourth-order valence-corrected chi connectivity index (χ4v) is 5.20. The van der Waals surface area contributed by atoms with Gasteiger partial charge in [0.2, 0.25) is 5.91 Å². The van der Waals surface area contributed by atoms with Crippen molar-refractivity contribution < 1.29 is 13.2 Å². The largest absolute Gasteiger partial charge is 0.310 e. The molecule has 0 aromatic heterocycles. The fourth-order valence-electron chi connectivity index (χ4n) is 3.48. The lowest BCUT2D eigenvalue weighted by atomic mass is 10.2. The molecule has 1 amide bonds. The van der Waals surface area contributed by atoms with E-state index in [1.54, 1.807) is 29.2 Å². The molecule has 1 aliphatic heterocycles. The van der Waals surface area contributed by atoms with Crippen LogP contribution in [-0.4, -0.2) is 27.4 Å². The third-order valence-electron chi connectivity index (χ3n) is 4.99. The summed E-state index contributed by atoms with van der Waals surface area (Å²) in [6.07, 6.45) is 0.736. The Morgan fingerprint density at radius 2 is 1.63 bits per heavy atom. The van der Waals surface area contributed by atoms with Crippen LogP contribution in [0.5, 0.6) is 0 Å². The molecule has 0 spiro atoms. The van der Waals surface area contributed by atoms with Crippen LogP contribution in [0.15, 0.2) is 77.7 Å². The molecule has 0 unspecified atom stereocenters. The second kappa shape index (κ2) is 8.30. The van der Waals surface area contributed by atoms with Crippen LogP contribution < -0.4 is 9.21 Å². The number of fused-ring (bicyclic) bond motifs is 1. The number of nitrogens with zero attached hydrogens (tertiary/aromatic N) is 2. The minimum absolute atomic E-state index is 0.0886. The molecule has 4 rings (SSSR count). The highest BCUT2D eigenvalue weighted by Gasteiger charge is 2.31. The molecule has 0 saturated heterocycles. The Morgan fingerprint density at radius 3 is 2.37 bits per heavy atom. The van der Waals surface area contributed by atoms with E-state index in [0.717, 1.165) is 22.0 Å². The van der Waals surface area contributed by atoms with Crippen molar-refractivity contribution in [2.75, 3.05) is 22.3 Å². The lowest BCUT2D eigenvalue weighted by molar-refractivity contribution is -0.117. The number of hydrogen-bond acceptors (Lipinski definition) is 3. The van der Waals surface area contributed by atoms with E-state index in [4.69, 9.17) is 23.2 Å². The Bertz CT molecular complexity index is 1200. The van der Waals surface area contributed by atoms with Crippen LogP contribution in [-0.2, 0) is 21.2 Å². The third kappa shape index (κ3) is 3.90. The van der Waals surface area contributed by atoms with Crippen molar-refractivity contribution in [3.05, 3.63) is 88.4 Å². The smallest absolute Gasteiger partial charge is 0.264 e. The third-order valence-corrected chi connectivity index (χ3v) is 7.52. The zero-order chi connectivity index (χ0) is 21.3. The van der Waals surface area contributed by atoms with Gasteiger partial charge in [-0.25, -0.2) is 8.42 Å². The van der Waals surface area contributed by atoms with Gasteiger partial charge in [-0.3, -0.25) is 9.10 Å². The van der Waals surface area contributed by atoms with Crippen LogP contribution in [0.1, 0.15) is 5.56 Å². The molecule has 0 aliphatic carbocycles. The number of anilines is 2. The standard InChI is InChI=1S/C22H18Cl2N2O3S/c23-19-11-10-17(14-20(19)24)26(30(28,29)18-7-2-1-3-8-18)15-22(27)25-13-12-16-6-4-5-9-21(16)25/h1-11,14H,12-13,15H2. The first-order chi connectivity index (χ1) is 14.4. The summed E-state index contributed by atoms with van der Waals surface area (Å²) in [6.45, 7) is 0.155. The molecular weight excluding hydrogens is 443 g/mol. The number of hydrogen-bond donors (Lipinski definition) is 0. The van der Waals surface area contributed by atoms with E-state index in [9.17, 15) is 13.2 Å². The van der Waals surface area contributed by atoms with Crippen molar-refractivity contribution in [2.45, 2.75) is 11.3 Å². The van der Waals surface area contributed by atoms with Crippen LogP contribution in [0.2, 0.25) is 10.0 Å². The molecule has 0 N–H and O–H groups in total. The molecule has 0 atom stereocenters. The maximum atomic E-state index is 13.4. The Balaban J connectivity index is 1.73. The Labute approximate surface area is 185 Å². The lowest BCUT2D eigenvalue weighted by Gasteiger charge is -2.27. The van der Waals surface area contributed by atoms with Crippen molar-refractivity contribution in [1.82, 2.24) is 0 Å². The second-order valence-corrected chi connectivity index (χ2v) is 9.52. The number of benzene rings is 3. The van der Waals surface area contributed by atoms with Gasteiger partial charge < -0.3 is 4.90 Å². The Kier molecular flexibility index (Phi) is 5.73. The number of carbonyl (C=O) groups is 1. The van der Waals surface area contributed by atoms with Gasteiger partial charge in [0, 0.05) is 12.2 Å². The first-order valence-corrected chi connectivity index (χ1v) is 11.5. The summed E-state index contributed by atoms with van der Waals surface area (Å²) >= 11 is 12.1. The van der Waals surface area contributed by atoms with Gasteiger partial charge in [0.1, 0.15) is 6.54 Å². The van der Waals surface area contributed by atoms with Crippen LogP contribution in [0.4, 0.5) is 11.4 Å². The van der Waals surface area contributed by atoms with Gasteiger partial charge in [-0.15, -0.1) is 0 Å². The van der Waals surface area contributed by atoms with Crippen molar-refractivity contribution in [3.63, 3.8) is 0 Å². The normalized spacial score (nSPS) is 13.2. The molecule has 1 heterocycles. The SMILES string of the molecule is O=C(CN(c1ccc(Cl)c(Cl)c1)S(=O)(=O)c1ccccc1)N1CCc2ccccc21. The van der Waals surface area contributed by atoms with Crippen LogP contribution >= 0.6 is 23.2 Å². The van der Waals surface area contributed by atoms with Gasteiger partial charge in [-0.2, -0.15) is 0 Å². The molecule has 3 aromatic rings. The molecule has 0 radical (unpaired) electrons. The topological polar surface area (TPSA) is 57.7 Å². The zero-order valence-corrected chi connectivity index (χ0v) is 18.2. The number of para-hydroxylation sites is 1. The van der Waals surface area contributed by atoms with E-state index >= 15 is 0 Å². The summed E-state index contributed by atoms with van der Waals surface area (Å²) in [7, 11) is -4.00. The maximum Gasteiger partial charge on any atom is 0.264 e. The summed E-state index contributed by atoms with van der Waals surface area (Å²) in [6, 6.07) is 20.1. The summed E-state index contributed by atoms with van der Waals surface area (Å²) in [5, 5.41) is 0.513. The van der Waals surface area contributed by atoms with Crippen molar-refractivity contribution >= 4 is 50.5 Å². The summed E-state index contributed by atoms with van der Waals surface area (Å²) in [5.41, 5.74) is 2.15. The molecule has 1 aliphatic rings. The highest BCUT2D eigenvalue weighted by atomic mass is 35.5. The van der Waals surface area contributed by atoms with Gasteiger partial charge in [0.05, 0.1) is 20.6 Å². The van der Waals surface area contributed by atoms with Crippen molar-refractivity contribution in [2.24, 2.45) is 0 Å². The predicted molar refractivity (Wildman–Crippen MR) is 120 cm³/mol. The van der Waals surface area contributed by atoms with E-state index in [1.807, 2.05) is 24.3 Å². The van der Waals surface area contributed by atoms with Crippen molar-refractivity contribution in [3.8, 4) is 0 Å². The van der Waals surface area contributed by atoms with Gasteiger partial charge in [-0.1, -0.05) is 59.6 Å². The summed E-state index contributed by atoms with van der Waals surface area (Å²) in [5.74, 6) is -0.314. The highest BCUT2D eigenvalue weighted by Crippen LogP contribution is 2.32. The van der Waals surface area contributed by atoms with Gasteiger partial charge in [0.25, 0.3) is 10.0 Å². The average molecular weight is 461 g/mol. The first-order valence-electron chi connectivity index (χ1n) is 9.29. The lowest BCUT2D eigenvalue weighted by Crippen LogP contribution is -2.42. The Morgan fingerprint density at radius 1 is 0.933 bits per heavy atom. The molecule has 30 heavy (non-hydrogen) atoms.